The van der Waals surface area contributed by atoms with Gasteiger partial charge in [-0.2, -0.15) is 0 Å². The van der Waals surface area contributed by atoms with E-state index in [4.69, 9.17) is 4.74 Å². The number of hydrogen-bond acceptors (Lipinski definition) is 2. The highest BCUT2D eigenvalue weighted by Crippen LogP contribution is 2.38. The van der Waals surface area contributed by atoms with Crippen LogP contribution in [0, 0.1) is 5.92 Å². The molecule has 2 nitrogen and oxygen atoms in total. The molecule has 0 bridgehead atoms. The lowest BCUT2D eigenvalue weighted by atomic mass is 9.77. The summed E-state index contributed by atoms with van der Waals surface area (Å²) in [6, 6.07) is 15.9. The predicted octanol–water partition coefficient (Wildman–Crippen LogP) is 9.44. The van der Waals surface area contributed by atoms with Gasteiger partial charge in [-0.15, -0.1) is 6.58 Å². The van der Waals surface area contributed by atoms with Gasteiger partial charge >= 0.3 is 5.97 Å². The lowest BCUT2D eigenvalue weighted by Crippen LogP contribution is -2.13. The predicted molar refractivity (Wildman–Crippen MR) is 144 cm³/mol. The first-order valence-electron chi connectivity index (χ1n) is 13.7. The fraction of sp³-hybridized carbons (Fsp3) is 0.531. The number of benzene rings is 2. The monoisotopic (exact) mass is 460 g/mol. The number of carbonyl (C=O) groups excluding carboxylic acids is 1. The molecule has 3 rings (SSSR count). The minimum atomic E-state index is -0.297. The lowest BCUT2D eigenvalue weighted by molar-refractivity contribution is 0.0734. The van der Waals surface area contributed by atoms with Crippen molar-refractivity contribution < 1.29 is 9.53 Å². The van der Waals surface area contributed by atoms with Gasteiger partial charge in [0.05, 0.1) is 5.56 Å². The van der Waals surface area contributed by atoms with Crippen LogP contribution in [0.1, 0.15) is 118 Å². The van der Waals surface area contributed by atoms with Crippen molar-refractivity contribution in [3.05, 3.63) is 77.9 Å². The van der Waals surface area contributed by atoms with Crippen LogP contribution >= 0.6 is 0 Å². The van der Waals surface area contributed by atoms with E-state index in [0.29, 0.717) is 17.2 Å². The number of ether oxygens (including phenoxy) is 1. The molecule has 0 aliphatic heterocycles. The Bertz CT molecular complexity index is 842. The molecule has 1 fully saturated rings. The molecule has 2 aromatic carbocycles. The maximum atomic E-state index is 12.5. The summed E-state index contributed by atoms with van der Waals surface area (Å²) in [6.07, 6.45) is 20.4. The maximum Gasteiger partial charge on any atom is 0.343 e. The summed E-state index contributed by atoms with van der Waals surface area (Å²) in [5.41, 5.74) is 3.18. The summed E-state index contributed by atoms with van der Waals surface area (Å²) in [5.74, 6) is 1.90. The van der Waals surface area contributed by atoms with Crippen LogP contribution in [0.15, 0.2) is 61.2 Å². The van der Waals surface area contributed by atoms with Crippen LogP contribution in [-0.4, -0.2) is 5.97 Å². The first kappa shape index (κ1) is 26.3. The molecule has 0 aromatic heterocycles. The van der Waals surface area contributed by atoms with Crippen molar-refractivity contribution in [3.8, 4) is 5.75 Å². The van der Waals surface area contributed by atoms with E-state index in [1.165, 1.54) is 88.2 Å². The van der Waals surface area contributed by atoms with E-state index in [0.717, 1.165) is 18.8 Å². The molecule has 0 unspecified atom stereocenters. The van der Waals surface area contributed by atoms with Gasteiger partial charge in [-0.1, -0.05) is 88.6 Å². The second-order valence-electron chi connectivity index (χ2n) is 10.1. The smallest absolute Gasteiger partial charge is 0.343 e. The summed E-state index contributed by atoms with van der Waals surface area (Å²) in [4.78, 5) is 12.5. The number of aryl methyl sites for hydroxylation is 1. The van der Waals surface area contributed by atoms with Crippen molar-refractivity contribution in [1.29, 1.82) is 0 Å². The second kappa shape index (κ2) is 14.8. The molecule has 0 N–H and O–H groups in total. The van der Waals surface area contributed by atoms with E-state index in [2.05, 4.69) is 25.6 Å². The highest BCUT2D eigenvalue weighted by molar-refractivity contribution is 5.91. The van der Waals surface area contributed by atoms with Crippen LogP contribution in [0.4, 0.5) is 0 Å². The normalized spacial score (nSPS) is 17.9. The number of hydrogen-bond donors (Lipinski definition) is 0. The van der Waals surface area contributed by atoms with Crippen molar-refractivity contribution in [2.75, 3.05) is 0 Å². The number of allylic oxidation sites excluding steroid dienone is 1. The second-order valence-corrected chi connectivity index (χ2v) is 10.1. The van der Waals surface area contributed by atoms with E-state index in [9.17, 15) is 4.79 Å². The number of unbranched alkanes of at least 4 members (excludes halogenated alkanes) is 6. The van der Waals surface area contributed by atoms with Crippen LogP contribution in [0.25, 0.3) is 0 Å². The van der Waals surface area contributed by atoms with E-state index in [-0.39, 0.29) is 5.97 Å². The maximum absolute atomic E-state index is 12.5. The Hall–Kier alpha value is -2.35. The van der Waals surface area contributed by atoms with Gasteiger partial charge in [-0.05, 0) is 85.8 Å². The van der Waals surface area contributed by atoms with Crippen molar-refractivity contribution >= 4 is 5.97 Å². The minimum absolute atomic E-state index is 0.297. The summed E-state index contributed by atoms with van der Waals surface area (Å²) in [7, 11) is 0. The summed E-state index contributed by atoms with van der Waals surface area (Å²) < 4.78 is 5.61. The van der Waals surface area contributed by atoms with Gasteiger partial charge in [0.1, 0.15) is 5.75 Å². The highest BCUT2D eigenvalue weighted by Gasteiger charge is 2.22. The van der Waals surface area contributed by atoms with Crippen LogP contribution in [0.3, 0.4) is 0 Å². The molecule has 1 aliphatic carbocycles. The van der Waals surface area contributed by atoms with Gasteiger partial charge in [0.15, 0.2) is 0 Å². The molecule has 2 aromatic rings. The van der Waals surface area contributed by atoms with Gasteiger partial charge in [0, 0.05) is 0 Å². The Kier molecular flexibility index (Phi) is 11.4. The van der Waals surface area contributed by atoms with E-state index < -0.39 is 0 Å². The van der Waals surface area contributed by atoms with Crippen molar-refractivity contribution in [1.82, 2.24) is 0 Å². The molecule has 0 amide bonds. The van der Waals surface area contributed by atoms with Crippen LogP contribution in [0.2, 0.25) is 0 Å². The molecule has 2 heteroatoms. The van der Waals surface area contributed by atoms with Crippen molar-refractivity contribution in [2.45, 2.75) is 103 Å². The highest BCUT2D eigenvalue weighted by atomic mass is 16.5. The van der Waals surface area contributed by atoms with E-state index in [1.807, 2.05) is 42.5 Å². The first-order chi connectivity index (χ1) is 16.7. The van der Waals surface area contributed by atoms with Crippen molar-refractivity contribution in [2.24, 2.45) is 5.92 Å². The zero-order valence-electron chi connectivity index (χ0n) is 21.3. The van der Waals surface area contributed by atoms with Gasteiger partial charge < -0.3 is 4.74 Å². The standard InChI is InChI=1S/C32H44O2/c1-3-5-7-8-9-10-11-13-27-14-18-28(19-15-27)29-22-24-31(25-23-29)34-32(33)30-20-16-26(17-21-30)12-6-4-2/h4,16-17,20-25,27-28H,2-3,5-15,18-19H2,1H3. The fourth-order valence-corrected chi connectivity index (χ4v) is 5.22. The zero-order valence-corrected chi connectivity index (χ0v) is 21.3. The van der Waals surface area contributed by atoms with Gasteiger partial charge in [0.2, 0.25) is 0 Å². The number of esters is 1. The minimum Gasteiger partial charge on any atom is -0.423 e. The fourth-order valence-electron chi connectivity index (χ4n) is 5.22. The Morgan fingerprint density at radius 3 is 2.18 bits per heavy atom. The van der Waals surface area contributed by atoms with Crippen LogP contribution < -0.4 is 4.74 Å². The molecule has 34 heavy (non-hydrogen) atoms. The molecule has 0 atom stereocenters. The average Bonchev–Trinajstić information content (AvgIpc) is 2.88. The van der Waals surface area contributed by atoms with Gasteiger partial charge in [0.25, 0.3) is 0 Å². The molecule has 184 valence electrons. The van der Waals surface area contributed by atoms with Crippen LogP contribution in [0.5, 0.6) is 5.75 Å². The molecular formula is C32H44O2. The van der Waals surface area contributed by atoms with Gasteiger partial charge in [-0.3, -0.25) is 0 Å². The lowest BCUT2D eigenvalue weighted by Gasteiger charge is -2.29. The summed E-state index contributed by atoms with van der Waals surface area (Å²) in [6.45, 7) is 6.04. The third-order valence-electron chi connectivity index (χ3n) is 7.45. The SMILES string of the molecule is C=CCCc1ccc(C(=O)Oc2ccc(C3CCC(CCCCCCCCC)CC3)cc2)cc1. The Morgan fingerprint density at radius 2 is 1.53 bits per heavy atom. The largest absolute Gasteiger partial charge is 0.423 e. The van der Waals surface area contributed by atoms with Gasteiger partial charge in [-0.25, -0.2) is 4.79 Å². The van der Waals surface area contributed by atoms with E-state index >= 15 is 0 Å². The van der Waals surface area contributed by atoms with Crippen molar-refractivity contribution in [3.63, 3.8) is 0 Å². The molecule has 0 spiro atoms. The number of rotatable bonds is 14. The third-order valence-corrected chi connectivity index (χ3v) is 7.45. The molecule has 0 heterocycles. The van der Waals surface area contributed by atoms with Crippen LogP contribution in [-0.2, 0) is 6.42 Å². The Morgan fingerprint density at radius 1 is 0.882 bits per heavy atom. The quantitative estimate of drug-likeness (QED) is 0.121. The summed E-state index contributed by atoms with van der Waals surface area (Å²) in [5, 5.41) is 0. The Balaban J connectivity index is 1.37. The molecule has 1 saturated carbocycles. The zero-order chi connectivity index (χ0) is 24.0. The third kappa shape index (κ3) is 8.78. The summed E-state index contributed by atoms with van der Waals surface area (Å²) >= 11 is 0. The topological polar surface area (TPSA) is 26.3 Å². The first-order valence-corrected chi connectivity index (χ1v) is 13.7. The van der Waals surface area contributed by atoms with E-state index in [1.54, 1.807) is 0 Å². The Labute approximate surface area is 207 Å². The molecule has 1 aliphatic rings. The average molecular weight is 461 g/mol. The number of carbonyl (C=O) groups is 1. The molecule has 0 saturated heterocycles. The molecule has 0 radical (unpaired) electrons. The molecular weight excluding hydrogens is 416 g/mol.